The smallest absolute Gasteiger partial charge is 0.389 e. The van der Waals surface area contributed by atoms with Crippen molar-refractivity contribution in [2.45, 2.75) is 51.7 Å². The fraction of sp³-hybridized carbons (Fsp3) is 0.833. The Hall–Kier alpha value is -1.47. The van der Waals surface area contributed by atoms with Gasteiger partial charge in [-0.3, -0.25) is 0 Å². The van der Waals surface area contributed by atoms with Crippen LogP contribution in [0.4, 0.5) is 18.0 Å². The minimum absolute atomic E-state index is 0.0719. The number of alkyl halides is 3. The molecule has 8 heteroatoms. The Balaban J connectivity index is 3.95. The molecular formula is C12H21F3N2O3. The summed E-state index contributed by atoms with van der Waals surface area (Å²) in [7, 11) is 0. The van der Waals surface area contributed by atoms with E-state index in [2.05, 4.69) is 10.6 Å². The lowest BCUT2D eigenvalue weighted by molar-refractivity contribution is -0.140. The third kappa shape index (κ3) is 8.60. The summed E-state index contributed by atoms with van der Waals surface area (Å²) in [5.74, 6) is -1.37. The summed E-state index contributed by atoms with van der Waals surface area (Å²) in [5, 5.41) is 13.6. The summed E-state index contributed by atoms with van der Waals surface area (Å²) in [4.78, 5) is 22.4. The van der Waals surface area contributed by atoms with Crippen molar-refractivity contribution < 1.29 is 27.9 Å². The first kappa shape index (κ1) is 18.5. The fourth-order valence-corrected chi connectivity index (χ4v) is 1.53. The van der Waals surface area contributed by atoms with E-state index in [1.165, 1.54) is 0 Å². The van der Waals surface area contributed by atoms with Crippen molar-refractivity contribution in [2.24, 2.45) is 5.92 Å². The first-order chi connectivity index (χ1) is 9.17. The first-order valence-electron chi connectivity index (χ1n) is 6.51. The van der Waals surface area contributed by atoms with Gasteiger partial charge in [0.1, 0.15) is 6.04 Å². The van der Waals surface area contributed by atoms with Crippen molar-refractivity contribution in [3.63, 3.8) is 0 Å². The van der Waals surface area contributed by atoms with Crippen LogP contribution in [0.25, 0.3) is 0 Å². The van der Waals surface area contributed by atoms with Gasteiger partial charge in [-0.2, -0.15) is 13.2 Å². The highest BCUT2D eigenvalue weighted by Crippen LogP contribution is 2.21. The Morgan fingerprint density at radius 1 is 1.25 bits per heavy atom. The van der Waals surface area contributed by atoms with Crippen LogP contribution in [0, 0.1) is 5.92 Å². The number of hydrogen-bond donors (Lipinski definition) is 3. The SMILES string of the molecule is CCC(C)C(NC(=O)NCCCCC(F)(F)F)C(=O)O. The molecule has 0 aliphatic carbocycles. The van der Waals surface area contributed by atoms with Crippen LogP contribution in [0.15, 0.2) is 0 Å². The number of halogens is 3. The van der Waals surface area contributed by atoms with Crippen LogP contribution in [0.2, 0.25) is 0 Å². The van der Waals surface area contributed by atoms with Crippen molar-refractivity contribution in [3.05, 3.63) is 0 Å². The summed E-state index contributed by atoms with van der Waals surface area (Å²) in [6.45, 7) is 3.58. The van der Waals surface area contributed by atoms with E-state index in [0.717, 1.165) is 0 Å². The van der Waals surface area contributed by atoms with Crippen LogP contribution in [0.5, 0.6) is 0 Å². The van der Waals surface area contributed by atoms with E-state index < -0.39 is 30.6 Å². The highest BCUT2D eigenvalue weighted by Gasteiger charge is 2.26. The van der Waals surface area contributed by atoms with E-state index in [-0.39, 0.29) is 25.3 Å². The molecule has 0 saturated heterocycles. The molecule has 2 amide bonds. The second kappa shape index (κ2) is 8.65. The van der Waals surface area contributed by atoms with Crippen molar-refractivity contribution in [3.8, 4) is 0 Å². The quantitative estimate of drug-likeness (QED) is 0.602. The Labute approximate surface area is 115 Å². The first-order valence-corrected chi connectivity index (χ1v) is 6.51. The predicted octanol–water partition coefficient (Wildman–Crippen LogP) is 2.52. The maximum absolute atomic E-state index is 11.9. The van der Waals surface area contributed by atoms with Gasteiger partial charge in [0.2, 0.25) is 0 Å². The molecule has 0 fully saturated rings. The van der Waals surface area contributed by atoms with E-state index in [1.807, 2.05) is 0 Å². The highest BCUT2D eigenvalue weighted by atomic mass is 19.4. The monoisotopic (exact) mass is 298 g/mol. The molecule has 0 radical (unpaired) electrons. The average molecular weight is 298 g/mol. The number of nitrogens with one attached hydrogen (secondary N) is 2. The Morgan fingerprint density at radius 2 is 1.85 bits per heavy atom. The normalized spacial score (nSPS) is 14.4. The zero-order chi connectivity index (χ0) is 15.8. The second-order valence-electron chi connectivity index (χ2n) is 4.67. The molecule has 0 bridgehead atoms. The Morgan fingerprint density at radius 3 is 2.30 bits per heavy atom. The fourth-order valence-electron chi connectivity index (χ4n) is 1.53. The maximum Gasteiger partial charge on any atom is 0.389 e. The summed E-state index contributed by atoms with van der Waals surface area (Å²) < 4.78 is 35.6. The zero-order valence-electron chi connectivity index (χ0n) is 11.6. The van der Waals surface area contributed by atoms with E-state index in [9.17, 15) is 22.8 Å². The standard InChI is InChI=1S/C12H21F3N2O3/c1-3-8(2)9(10(18)19)17-11(20)16-7-5-4-6-12(13,14)15/h8-9H,3-7H2,1-2H3,(H,18,19)(H2,16,17,20). The molecule has 0 aliphatic rings. The van der Waals surface area contributed by atoms with Gasteiger partial charge >= 0.3 is 18.2 Å². The molecule has 2 atom stereocenters. The number of carbonyl (C=O) groups excluding carboxylic acids is 1. The Kier molecular flexibility index (Phi) is 8.02. The number of carboxylic acids is 1. The van der Waals surface area contributed by atoms with Gasteiger partial charge in [-0.1, -0.05) is 20.3 Å². The number of carboxylic acid groups (broad SMARTS) is 1. The molecule has 0 aromatic heterocycles. The highest BCUT2D eigenvalue weighted by molar-refractivity contribution is 5.82. The molecule has 0 spiro atoms. The molecule has 118 valence electrons. The lowest BCUT2D eigenvalue weighted by Crippen LogP contribution is -2.49. The zero-order valence-corrected chi connectivity index (χ0v) is 11.6. The molecule has 0 aromatic carbocycles. The molecular weight excluding hydrogens is 277 g/mol. The predicted molar refractivity (Wildman–Crippen MR) is 67.3 cm³/mol. The number of urea groups is 1. The number of rotatable bonds is 8. The molecule has 0 aromatic rings. The average Bonchev–Trinajstić information content (AvgIpc) is 2.32. The summed E-state index contributed by atoms with van der Waals surface area (Å²) in [6.07, 6.45) is -4.37. The number of aliphatic carboxylic acids is 1. The van der Waals surface area contributed by atoms with Crippen LogP contribution in [-0.4, -0.2) is 35.9 Å². The van der Waals surface area contributed by atoms with E-state index >= 15 is 0 Å². The van der Waals surface area contributed by atoms with Gasteiger partial charge in [0.25, 0.3) is 0 Å². The van der Waals surface area contributed by atoms with Crippen molar-refractivity contribution in [2.75, 3.05) is 6.54 Å². The van der Waals surface area contributed by atoms with Gasteiger partial charge in [0.05, 0.1) is 0 Å². The third-order valence-corrected chi connectivity index (χ3v) is 2.94. The number of amides is 2. The van der Waals surface area contributed by atoms with Gasteiger partial charge in [-0.05, 0) is 18.8 Å². The van der Waals surface area contributed by atoms with Crippen LogP contribution >= 0.6 is 0 Å². The molecule has 3 N–H and O–H groups in total. The molecule has 2 unspecified atom stereocenters. The van der Waals surface area contributed by atoms with Crippen LogP contribution in [0.3, 0.4) is 0 Å². The van der Waals surface area contributed by atoms with Crippen molar-refractivity contribution in [1.82, 2.24) is 10.6 Å². The van der Waals surface area contributed by atoms with Gasteiger partial charge in [-0.15, -0.1) is 0 Å². The molecule has 0 aliphatic heterocycles. The summed E-state index contributed by atoms with van der Waals surface area (Å²) in [6, 6.07) is -1.68. The molecule has 0 rings (SSSR count). The van der Waals surface area contributed by atoms with E-state index in [0.29, 0.717) is 6.42 Å². The van der Waals surface area contributed by atoms with Crippen molar-refractivity contribution >= 4 is 12.0 Å². The second-order valence-corrected chi connectivity index (χ2v) is 4.67. The molecule has 20 heavy (non-hydrogen) atoms. The topological polar surface area (TPSA) is 78.4 Å². The maximum atomic E-state index is 11.9. The minimum Gasteiger partial charge on any atom is -0.480 e. The van der Waals surface area contributed by atoms with E-state index in [1.54, 1.807) is 13.8 Å². The van der Waals surface area contributed by atoms with Crippen LogP contribution in [-0.2, 0) is 4.79 Å². The van der Waals surface area contributed by atoms with Gasteiger partial charge in [-0.25, -0.2) is 9.59 Å². The van der Waals surface area contributed by atoms with Crippen LogP contribution < -0.4 is 10.6 Å². The Bertz CT molecular complexity index is 322. The molecule has 5 nitrogen and oxygen atoms in total. The van der Waals surface area contributed by atoms with Gasteiger partial charge < -0.3 is 15.7 Å². The van der Waals surface area contributed by atoms with Gasteiger partial charge in [0.15, 0.2) is 0 Å². The molecule has 0 heterocycles. The molecule has 0 saturated carbocycles. The lowest BCUT2D eigenvalue weighted by Gasteiger charge is -2.20. The number of carbonyl (C=O) groups is 2. The van der Waals surface area contributed by atoms with Gasteiger partial charge in [0, 0.05) is 13.0 Å². The van der Waals surface area contributed by atoms with Crippen LogP contribution in [0.1, 0.15) is 39.5 Å². The summed E-state index contributed by atoms with van der Waals surface area (Å²) in [5.41, 5.74) is 0. The lowest BCUT2D eigenvalue weighted by atomic mass is 9.99. The number of unbranched alkanes of at least 4 members (excludes halogenated alkanes) is 1. The third-order valence-electron chi connectivity index (χ3n) is 2.94. The largest absolute Gasteiger partial charge is 0.480 e. The van der Waals surface area contributed by atoms with Crippen molar-refractivity contribution in [1.29, 1.82) is 0 Å². The number of hydrogen-bond acceptors (Lipinski definition) is 2. The summed E-state index contributed by atoms with van der Waals surface area (Å²) >= 11 is 0. The van der Waals surface area contributed by atoms with E-state index in [4.69, 9.17) is 5.11 Å². The minimum atomic E-state index is -4.19.